The zero-order valence-corrected chi connectivity index (χ0v) is 27.8. The number of urea groups is 1. The average Bonchev–Trinajstić information content (AvgIpc) is 3.38. The number of aliphatic imine (C=N–C) groups is 1. The predicted octanol–water partition coefficient (Wildman–Crippen LogP) is 7.92. The first-order valence-corrected chi connectivity index (χ1v) is 15.4. The van der Waals surface area contributed by atoms with Crippen LogP contribution in [0.15, 0.2) is 71.7 Å². The Morgan fingerprint density at radius 1 is 0.955 bits per heavy atom. The lowest BCUT2D eigenvalue weighted by atomic mass is 9.86. The zero-order valence-electron chi connectivity index (χ0n) is 25.5. The number of halogens is 3. The molecule has 0 aliphatic carbocycles. The number of amidine groups is 1. The van der Waals surface area contributed by atoms with Crippen LogP contribution in [0.25, 0.3) is 0 Å². The Hall–Kier alpha value is -3.28. The minimum atomic E-state index is -0.435. The molecule has 2 atom stereocenters. The molecule has 2 aliphatic rings. The van der Waals surface area contributed by atoms with Crippen molar-refractivity contribution in [1.29, 1.82) is 5.26 Å². The molecule has 2 heterocycles. The van der Waals surface area contributed by atoms with E-state index in [2.05, 4.69) is 43.9 Å². The van der Waals surface area contributed by atoms with Gasteiger partial charge >= 0.3 is 6.03 Å². The molecule has 2 aliphatic heterocycles. The zero-order chi connectivity index (χ0) is 30.7. The highest BCUT2D eigenvalue weighted by molar-refractivity contribution is 6.30. The van der Waals surface area contributed by atoms with Crippen LogP contribution in [0.1, 0.15) is 62.0 Å². The first-order valence-electron chi connectivity index (χ1n) is 14.6. The molecule has 3 aromatic rings. The molecular formula is C34H38Cl3N5O2. The Morgan fingerprint density at radius 2 is 1.55 bits per heavy atom. The van der Waals surface area contributed by atoms with E-state index in [4.69, 9.17) is 32.9 Å². The molecule has 0 radical (unpaired) electrons. The van der Waals surface area contributed by atoms with Crippen molar-refractivity contribution in [3.05, 3.63) is 99.0 Å². The highest BCUT2D eigenvalue weighted by atomic mass is 35.5. The second-order valence-corrected chi connectivity index (χ2v) is 12.8. The summed E-state index contributed by atoms with van der Waals surface area (Å²) >= 11 is 12.6. The van der Waals surface area contributed by atoms with Crippen molar-refractivity contribution in [2.24, 2.45) is 4.99 Å². The minimum Gasteiger partial charge on any atom is -0.493 e. The Balaban J connectivity index is 0.00000442. The normalized spacial score (nSPS) is 18.8. The summed E-state index contributed by atoms with van der Waals surface area (Å²) in [5, 5.41) is 10.4. The number of ether oxygens (including phenoxy) is 1. The lowest BCUT2D eigenvalue weighted by Crippen LogP contribution is -2.54. The maximum atomic E-state index is 14.6. The van der Waals surface area contributed by atoms with Crippen LogP contribution in [0, 0.1) is 11.3 Å². The quantitative estimate of drug-likeness (QED) is 0.253. The van der Waals surface area contributed by atoms with E-state index in [1.165, 1.54) is 0 Å². The van der Waals surface area contributed by atoms with Crippen LogP contribution in [0.2, 0.25) is 10.0 Å². The Labute approximate surface area is 276 Å². The number of hydrogen-bond donors (Lipinski definition) is 0. The highest BCUT2D eigenvalue weighted by Crippen LogP contribution is 2.46. The topological polar surface area (TPSA) is 72.2 Å². The molecule has 232 valence electrons. The number of rotatable bonds is 6. The molecule has 10 heteroatoms. The van der Waals surface area contributed by atoms with Gasteiger partial charge in [0.15, 0.2) is 0 Å². The van der Waals surface area contributed by atoms with Crippen LogP contribution in [-0.2, 0) is 5.41 Å². The molecule has 5 rings (SSSR count). The number of hydrogen-bond acceptors (Lipinski definition) is 5. The fourth-order valence-electron chi connectivity index (χ4n) is 5.65. The van der Waals surface area contributed by atoms with Gasteiger partial charge in [-0.15, -0.1) is 12.4 Å². The maximum Gasteiger partial charge on any atom is 0.326 e. The van der Waals surface area contributed by atoms with Gasteiger partial charge in [-0.2, -0.15) is 5.26 Å². The monoisotopic (exact) mass is 653 g/mol. The van der Waals surface area contributed by atoms with Gasteiger partial charge in [0.05, 0.1) is 30.8 Å². The molecule has 2 amide bonds. The molecule has 0 aromatic heterocycles. The SMILES string of the molecule is CCOc1cc(C(C)(C)C)ccc1C1=N[C@@H](c2ccc(Cl)cc2)[C@@H](c2ccc(Cl)cc2)N1C(=O)N1CCN(CC#N)CC1.Cl. The van der Waals surface area contributed by atoms with Crippen LogP contribution in [0.5, 0.6) is 5.75 Å². The number of amides is 2. The van der Waals surface area contributed by atoms with Crippen molar-refractivity contribution in [2.75, 3.05) is 39.3 Å². The second-order valence-electron chi connectivity index (χ2n) is 11.9. The average molecular weight is 655 g/mol. The minimum absolute atomic E-state index is 0. The van der Waals surface area contributed by atoms with E-state index in [0.29, 0.717) is 61.0 Å². The van der Waals surface area contributed by atoms with E-state index < -0.39 is 12.1 Å². The van der Waals surface area contributed by atoms with E-state index in [0.717, 1.165) is 22.3 Å². The van der Waals surface area contributed by atoms with E-state index >= 15 is 0 Å². The third-order valence-electron chi connectivity index (χ3n) is 8.02. The van der Waals surface area contributed by atoms with Crippen LogP contribution in [0.4, 0.5) is 4.79 Å². The van der Waals surface area contributed by atoms with Gasteiger partial charge in [0.2, 0.25) is 0 Å². The standard InChI is InChI=1S/C34H37Cl2N5O2.ClH/c1-5-43-29-22-25(34(2,3)4)10-15-28(29)32-38-30(23-6-11-26(35)12-7-23)31(24-8-13-27(36)14-9-24)41(32)33(42)40-20-18-39(17-16-37)19-21-40;/h6-15,22,30-31H,5,17-21H2,1-4H3;1H/t30-,31+;/m0./s1. The summed E-state index contributed by atoms with van der Waals surface area (Å²) in [4.78, 5) is 25.7. The molecule has 1 fully saturated rings. The molecule has 0 spiro atoms. The molecule has 0 saturated carbocycles. The van der Waals surface area contributed by atoms with Gasteiger partial charge in [0, 0.05) is 36.2 Å². The predicted molar refractivity (Wildman–Crippen MR) is 179 cm³/mol. The van der Waals surface area contributed by atoms with Crippen molar-refractivity contribution in [1.82, 2.24) is 14.7 Å². The molecule has 0 bridgehead atoms. The number of nitrogens with zero attached hydrogens (tertiary/aromatic N) is 5. The lowest BCUT2D eigenvalue weighted by Gasteiger charge is -2.38. The molecular weight excluding hydrogens is 617 g/mol. The van der Waals surface area contributed by atoms with Crippen molar-refractivity contribution < 1.29 is 9.53 Å². The lowest BCUT2D eigenvalue weighted by molar-refractivity contribution is 0.125. The van der Waals surface area contributed by atoms with E-state index in [1.54, 1.807) is 0 Å². The summed E-state index contributed by atoms with van der Waals surface area (Å²) in [6, 6.07) is 22.7. The molecule has 3 aromatic carbocycles. The highest BCUT2D eigenvalue weighted by Gasteiger charge is 2.45. The number of carbonyl (C=O) groups excluding carboxylic acids is 1. The third kappa shape index (κ3) is 7.16. The molecule has 0 unspecified atom stereocenters. The Morgan fingerprint density at radius 3 is 2.09 bits per heavy atom. The number of piperazine rings is 1. The Kier molecular flexibility index (Phi) is 10.9. The summed E-state index contributed by atoms with van der Waals surface area (Å²) in [6.45, 7) is 11.6. The van der Waals surface area contributed by atoms with Gasteiger partial charge in [0.25, 0.3) is 0 Å². The smallest absolute Gasteiger partial charge is 0.326 e. The summed E-state index contributed by atoms with van der Waals surface area (Å²) in [5.74, 6) is 1.25. The largest absolute Gasteiger partial charge is 0.493 e. The first kappa shape index (κ1) is 33.6. The van der Waals surface area contributed by atoms with Crippen LogP contribution < -0.4 is 4.74 Å². The fraction of sp³-hybridized carbons (Fsp3) is 0.382. The van der Waals surface area contributed by atoms with Crippen LogP contribution in [-0.4, -0.2) is 65.9 Å². The fourth-order valence-corrected chi connectivity index (χ4v) is 5.90. The van der Waals surface area contributed by atoms with Crippen LogP contribution >= 0.6 is 35.6 Å². The number of benzene rings is 3. The van der Waals surface area contributed by atoms with Gasteiger partial charge < -0.3 is 9.64 Å². The van der Waals surface area contributed by atoms with Crippen LogP contribution in [0.3, 0.4) is 0 Å². The summed E-state index contributed by atoms with van der Waals surface area (Å²) in [7, 11) is 0. The molecule has 44 heavy (non-hydrogen) atoms. The third-order valence-corrected chi connectivity index (χ3v) is 8.53. The van der Waals surface area contributed by atoms with Gasteiger partial charge in [-0.05, 0) is 65.4 Å². The van der Waals surface area contributed by atoms with Gasteiger partial charge in [-0.25, -0.2) is 4.79 Å². The van der Waals surface area contributed by atoms with E-state index in [-0.39, 0.29) is 23.9 Å². The number of carbonyl (C=O) groups is 1. The summed E-state index contributed by atoms with van der Waals surface area (Å²) in [6.07, 6.45) is 0. The van der Waals surface area contributed by atoms with Crippen molar-refractivity contribution in [3.63, 3.8) is 0 Å². The summed E-state index contributed by atoms with van der Waals surface area (Å²) in [5.41, 5.74) is 3.68. The van der Waals surface area contributed by atoms with E-state index in [9.17, 15) is 10.1 Å². The second kappa shape index (κ2) is 14.2. The molecule has 7 nitrogen and oxygen atoms in total. The van der Waals surface area contributed by atoms with E-state index in [1.807, 2.05) is 71.3 Å². The van der Waals surface area contributed by atoms with Crippen molar-refractivity contribution >= 4 is 47.5 Å². The Bertz CT molecular complexity index is 1520. The van der Waals surface area contributed by atoms with Crippen molar-refractivity contribution in [3.8, 4) is 11.8 Å². The van der Waals surface area contributed by atoms with Gasteiger partial charge in [0.1, 0.15) is 17.6 Å². The van der Waals surface area contributed by atoms with Gasteiger partial charge in [-0.1, -0.05) is 74.3 Å². The van der Waals surface area contributed by atoms with Gasteiger partial charge in [-0.3, -0.25) is 14.8 Å². The first-order chi connectivity index (χ1) is 20.6. The maximum absolute atomic E-state index is 14.6. The number of nitriles is 1. The summed E-state index contributed by atoms with van der Waals surface area (Å²) < 4.78 is 6.21. The van der Waals surface area contributed by atoms with Crippen molar-refractivity contribution in [2.45, 2.75) is 45.2 Å². The molecule has 0 N–H and O–H groups in total. The molecule has 1 saturated heterocycles.